The van der Waals surface area contributed by atoms with Gasteiger partial charge >= 0.3 is 5.97 Å². The third kappa shape index (κ3) is 3.03. The van der Waals surface area contributed by atoms with Gasteiger partial charge in [-0.1, -0.05) is 12.1 Å². The lowest BCUT2D eigenvalue weighted by molar-refractivity contribution is 0.0689. The number of rotatable bonds is 7. The molecule has 0 unspecified atom stereocenters. The van der Waals surface area contributed by atoms with Gasteiger partial charge in [-0.3, -0.25) is 0 Å². The third-order valence-electron chi connectivity index (χ3n) is 2.24. The van der Waals surface area contributed by atoms with Gasteiger partial charge in [-0.2, -0.15) is 0 Å². The second kappa shape index (κ2) is 6.22. The fraction of sp³-hybridized carbons (Fsp3) is 0.700. The standard InChI is InChI=1S/C10H17N3O3/c1-3-8-9(10(14)15)11-12-13(8)6-5-7-16-4-2/h3-7H2,1-2H3,(H,14,15). The summed E-state index contributed by atoms with van der Waals surface area (Å²) in [6.07, 6.45) is 1.42. The topological polar surface area (TPSA) is 77.2 Å². The molecule has 0 radical (unpaired) electrons. The molecule has 1 N–H and O–H groups in total. The summed E-state index contributed by atoms with van der Waals surface area (Å²) in [6.45, 7) is 5.82. The summed E-state index contributed by atoms with van der Waals surface area (Å²) in [7, 11) is 0. The molecule has 0 aliphatic carbocycles. The van der Waals surface area contributed by atoms with Gasteiger partial charge in [0.2, 0.25) is 0 Å². The van der Waals surface area contributed by atoms with Crippen LogP contribution in [0.2, 0.25) is 0 Å². The van der Waals surface area contributed by atoms with Crippen LogP contribution >= 0.6 is 0 Å². The van der Waals surface area contributed by atoms with Gasteiger partial charge in [-0.25, -0.2) is 9.48 Å². The van der Waals surface area contributed by atoms with Gasteiger partial charge in [0.1, 0.15) is 0 Å². The molecule has 0 amide bonds. The van der Waals surface area contributed by atoms with E-state index in [4.69, 9.17) is 9.84 Å². The normalized spacial score (nSPS) is 10.6. The molecule has 1 aromatic heterocycles. The lowest BCUT2D eigenvalue weighted by Gasteiger charge is -2.04. The second-order valence-electron chi connectivity index (χ2n) is 3.32. The van der Waals surface area contributed by atoms with E-state index in [0.717, 1.165) is 6.42 Å². The van der Waals surface area contributed by atoms with Gasteiger partial charge in [0.05, 0.1) is 5.69 Å². The maximum absolute atomic E-state index is 10.8. The molecule has 16 heavy (non-hydrogen) atoms. The van der Waals surface area contributed by atoms with Crippen molar-refractivity contribution >= 4 is 5.97 Å². The van der Waals surface area contributed by atoms with Gasteiger partial charge in [0, 0.05) is 19.8 Å². The Balaban J connectivity index is 2.62. The van der Waals surface area contributed by atoms with E-state index in [1.807, 2.05) is 13.8 Å². The molecule has 0 aromatic carbocycles. The van der Waals surface area contributed by atoms with Crippen LogP contribution in [0.1, 0.15) is 36.5 Å². The van der Waals surface area contributed by atoms with Crippen LogP contribution in [0.5, 0.6) is 0 Å². The lowest BCUT2D eigenvalue weighted by Crippen LogP contribution is -2.09. The summed E-state index contributed by atoms with van der Waals surface area (Å²) in [5.74, 6) is -1.02. The van der Waals surface area contributed by atoms with Crippen LogP contribution in [-0.2, 0) is 17.7 Å². The van der Waals surface area contributed by atoms with Crippen LogP contribution in [0, 0.1) is 0 Å². The van der Waals surface area contributed by atoms with E-state index >= 15 is 0 Å². The van der Waals surface area contributed by atoms with Crippen molar-refractivity contribution in [3.63, 3.8) is 0 Å². The number of hydrogen-bond acceptors (Lipinski definition) is 4. The zero-order chi connectivity index (χ0) is 12.0. The number of hydrogen-bond donors (Lipinski definition) is 1. The molecule has 0 aliphatic heterocycles. The average molecular weight is 227 g/mol. The Morgan fingerprint density at radius 2 is 2.25 bits per heavy atom. The van der Waals surface area contributed by atoms with Crippen LogP contribution in [0.3, 0.4) is 0 Å². The predicted molar refractivity (Wildman–Crippen MR) is 57.5 cm³/mol. The highest BCUT2D eigenvalue weighted by atomic mass is 16.5. The van der Waals surface area contributed by atoms with Gasteiger partial charge < -0.3 is 9.84 Å². The number of carbonyl (C=O) groups is 1. The van der Waals surface area contributed by atoms with Crippen molar-refractivity contribution < 1.29 is 14.6 Å². The van der Waals surface area contributed by atoms with E-state index in [2.05, 4.69) is 10.3 Å². The maximum atomic E-state index is 10.8. The summed E-state index contributed by atoms with van der Waals surface area (Å²) in [5, 5.41) is 16.4. The smallest absolute Gasteiger partial charge is 0.358 e. The monoisotopic (exact) mass is 227 g/mol. The molecule has 1 heterocycles. The van der Waals surface area contributed by atoms with Crippen molar-refractivity contribution in [1.82, 2.24) is 15.0 Å². The second-order valence-corrected chi connectivity index (χ2v) is 3.32. The van der Waals surface area contributed by atoms with Gasteiger partial charge in [-0.05, 0) is 19.8 Å². The molecule has 0 fully saturated rings. The number of aryl methyl sites for hydroxylation is 1. The average Bonchev–Trinajstić information content (AvgIpc) is 2.67. The zero-order valence-electron chi connectivity index (χ0n) is 9.64. The molecule has 0 atom stereocenters. The van der Waals surface area contributed by atoms with E-state index in [1.165, 1.54) is 0 Å². The maximum Gasteiger partial charge on any atom is 0.358 e. The number of carboxylic acids is 1. The van der Waals surface area contributed by atoms with Crippen molar-refractivity contribution in [3.05, 3.63) is 11.4 Å². The Morgan fingerprint density at radius 3 is 2.81 bits per heavy atom. The molecule has 0 saturated heterocycles. The van der Waals surface area contributed by atoms with Crippen molar-refractivity contribution in [2.75, 3.05) is 13.2 Å². The fourth-order valence-corrected chi connectivity index (χ4v) is 1.49. The van der Waals surface area contributed by atoms with E-state index in [1.54, 1.807) is 4.68 Å². The fourth-order valence-electron chi connectivity index (χ4n) is 1.49. The summed E-state index contributed by atoms with van der Waals surface area (Å²) in [6, 6.07) is 0. The minimum atomic E-state index is -1.02. The van der Waals surface area contributed by atoms with Gasteiger partial charge in [0.25, 0.3) is 0 Å². The zero-order valence-corrected chi connectivity index (χ0v) is 9.64. The van der Waals surface area contributed by atoms with Crippen molar-refractivity contribution in [2.24, 2.45) is 0 Å². The third-order valence-corrected chi connectivity index (χ3v) is 2.24. The minimum Gasteiger partial charge on any atom is -0.476 e. The first-order valence-corrected chi connectivity index (χ1v) is 5.44. The molecular weight excluding hydrogens is 210 g/mol. The molecule has 6 nitrogen and oxygen atoms in total. The molecule has 90 valence electrons. The van der Waals surface area contributed by atoms with Gasteiger partial charge in [0.15, 0.2) is 5.69 Å². The highest BCUT2D eigenvalue weighted by molar-refractivity contribution is 5.86. The van der Waals surface area contributed by atoms with Crippen molar-refractivity contribution in [2.45, 2.75) is 33.2 Å². The summed E-state index contributed by atoms with van der Waals surface area (Å²) in [4.78, 5) is 10.8. The van der Waals surface area contributed by atoms with E-state index < -0.39 is 5.97 Å². The van der Waals surface area contributed by atoms with E-state index in [0.29, 0.717) is 31.9 Å². The first-order chi connectivity index (χ1) is 7.70. The highest BCUT2D eigenvalue weighted by Crippen LogP contribution is 2.07. The van der Waals surface area contributed by atoms with E-state index in [-0.39, 0.29) is 5.69 Å². The number of aromatic nitrogens is 3. The minimum absolute atomic E-state index is 0.0545. The lowest BCUT2D eigenvalue weighted by atomic mass is 10.2. The van der Waals surface area contributed by atoms with Crippen molar-refractivity contribution in [1.29, 1.82) is 0 Å². The Morgan fingerprint density at radius 1 is 1.50 bits per heavy atom. The molecule has 1 rings (SSSR count). The van der Waals surface area contributed by atoms with Crippen LogP contribution in [-0.4, -0.2) is 39.3 Å². The summed E-state index contributed by atoms with van der Waals surface area (Å²) in [5.41, 5.74) is 0.725. The Bertz CT molecular complexity index is 349. The van der Waals surface area contributed by atoms with Crippen LogP contribution < -0.4 is 0 Å². The Kier molecular flexibility index (Phi) is 4.91. The quantitative estimate of drug-likeness (QED) is 0.702. The molecule has 0 bridgehead atoms. The Hall–Kier alpha value is -1.43. The van der Waals surface area contributed by atoms with E-state index in [9.17, 15) is 4.79 Å². The van der Waals surface area contributed by atoms with Gasteiger partial charge in [-0.15, -0.1) is 5.10 Å². The highest BCUT2D eigenvalue weighted by Gasteiger charge is 2.16. The first kappa shape index (κ1) is 12.6. The molecule has 0 aliphatic rings. The number of nitrogens with zero attached hydrogens (tertiary/aromatic N) is 3. The Labute approximate surface area is 94.2 Å². The molecular formula is C10H17N3O3. The van der Waals surface area contributed by atoms with Crippen LogP contribution in [0.15, 0.2) is 0 Å². The molecule has 0 spiro atoms. The SMILES string of the molecule is CCOCCCn1nnc(C(=O)O)c1CC. The molecule has 6 heteroatoms. The predicted octanol–water partition coefficient (Wildman–Crippen LogP) is 0.965. The number of carboxylic acid groups (broad SMARTS) is 1. The largest absolute Gasteiger partial charge is 0.476 e. The summed E-state index contributed by atoms with van der Waals surface area (Å²) < 4.78 is 6.85. The number of aromatic carboxylic acids is 1. The van der Waals surface area contributed by atoms with Crippen molar-refractivity contribution in [3.8, 4) is 0 Å². The van der Waals surface area contributed by atoms with Crippen LogP contribution in [0.4, 0.5) is 0 Å². The first-order valence-electron chi connectivity index (χ1n) is 5.44. The summed E-state index contributed by atoms with van der Waals surface area (Å²) >= 11 is 0. The molecule has 0 saturated carbocycles. The molecule has 1 aromatic rings. The van der Waals surface area contributed by atoms with Crippen LogP contribution in [0.25, 0.3) is 0 Å². The number of ether oxygens (including phenoxy) is 1.